The lowest BCUT2D eigenvalue weighted by Gasteiger charge is -2.08. The summed E-state index contributed by atoms with van der Waals surface area (Å²) in [4.78, 5) is 16.2. The zero-order valence-corrected chi connectivity index (χ0v) is 12.2. The summed E-state index contributed by atoms with van der Waals surface area (Å²) in [7, 11) is 1.74. The van der Waals surface area contributed by atoms with Crippen LogP contribution in [0.2, 0.25) is 5.02 Å². The van der Waals surface area contributed by atoms with Crippen LogP contribution in [-0.2, 0) is 6.54 Å². The van der Waals surface area contributed by atoms with Gasteiger partial charge in [0, 0.05) is 19.8 Å². The van der Waals surface area contributed by atoms with Crippen LogP contribution in [0.1, 0.15) is 21.5 Å². The lowest BCUT2D eigenvalue weighted by molar-refractivity contribution is 0.0951. The van der Waals surface area contributed by atoms with Gasteiger partial charge >= 0.3 is 0 Å². The van der Waals surface area contributed by atoms with E-state index in [4.69, 9.17) is 11.6 Å². The van der Waals surface area contributed by atoms with Crippen molar-refractivity contribution in [3.63, 3.8) is 0 Å². The van der Waals surface area contributed by atoms with E-state index in [9.17, 15) is 4.79 Å². The molecule has 0 fully saturated rings. The van der Waals surface area contributed by atoms with Crippen LogP contribution < -0.4 is 10.6 Å². The molecule has 1 aromatic heterocycles. The van der Waals surface area contributed by atoms with Gasteiger partial charge in [-0.1, -0.05) is 41.4 Å². The summed E-state index contributed by atoms with van der Waals surface area (Å²) >= 11 is 6.00. The summed E-state index contributed by atoms with van der Waals surface area (Å²) in [5.74, 6) is 0.393. The first-order chi connectivity index (χ1) is 9.60. The largest absolute Gasteiger partial charge is 0.373 e. The molecule has 1 aromatic carbocycles. The van der Waals surface area contributed by atoms with Crippen molar-refractivity contribution < 1.29 is 4.79 Å². The van der Waals surface area contributed by atoms with Crippen LogP contribution in [-0.4, -0.2) is 17.9 Å². The van der Waals surface area contributed by atoms with Crippen LogP contribution >= 0.6 is 11.6 Å². The first-order valence-corrected chi connectivity index (χ1v) is 6.65. The molecule has 5 heteroatoms. The number of nitrogens with zero attached hydrogens (tertiary/aromatic N) is 1. The van der Waals surface area contributed by atoms with E-state index >= 15 is 0 Å². The van der Waals surface area contributed by atoms with Gasteiger partial charge in [-0.05, 0) is 18.6 Å². The van der Waals surface area contributed by atoms with Crippen molar-refractivity contribution >= 4 is 23.3 Å². The summed E-state index contributed by atoms with van der Waals surface area (Å²) in [6, 6.07) is 9.64. The van der Waals surface area contributed by atoms with E-state index in [0.717, 1.165) is 5.56 Å². The van der Waals surface area contributed by atoms with Crippen LogP contribution in [0.3, 0.4) is 0 Å². The third-order valence-corrected chi connectivity index (χ3v) is 3.23. The normalized spacial score (nSPS) is 10.2. The number of hydrogen-bond acceptors (Lipinski definition) is 3. The number of carbonyl (C=O) groups is 1. The monoisotopic (exact) mass is 289 g/mol. The average Bonchev–Trinajstić information content (AvgIpc) is 2.47. The minimum Gasteiger partial charge on any atom is -0.373 e. The number of halogens is 1. The number of pyridine rings is 1. The number of benzene rings is 1. The van der Waals surface area contributed by atoms with Gasteiger partial charge in [0.2, 0.25) is 0 Å². The first-order valence-electron chi connectivity index (χ1n) is 6.27. The summed E-state index contributed by atoms with van der Waals surface area (Å²) in [5, 5.41) is 6.07. The van der Waals surface area contributed by atoms with E-state index < -0.39 is 0 Å². The second-order valence-electron chi connectivity index (χ2n) is 4.47. The minimum absolute atomic E-state index is 0.213. The maximum atomic E-state index is 12.1. The molecular formula is C15H16ClN3O. The summed E-state index contributed by atoms with van der Waals surface area (Å²) < 4.78 is 0. The molecule has 2 N–H and O–H groups in total. The van der Waals surface area contributed by atoms with Gasteiger partial charge in [-0.15, -0.1) is 0 Å². The molecule has 1 heterocycles. The lowest BCUT2D eigenvalue weighted by atomic mass is 10.1. The van der Waals surface area contributed by atoms with Crippen molar-refractivity contribution in [3.05, 3.63) is 58.2 Å². The summed E-state index contributed by atoms with van der Waals surface area (Å²) in [6.45, 7) is 2.49. The third-order valence-electron chi connectivity index (χ3n) is 2.93. The molecule has 0 spiro atoms. The topological polar surface area (TPSA) is 54.0 Å². The Morgan fingerprint density at radius 3 is 2.65 bits per heavy atom. The number of carbonyl (C=O) groups excluding carboxylic acids is 1. The zero-order valence-electron chi connectivity index (χ0n) is 11.4. The fraction of sp³-hybridized carbons (Fsp3) is 0.200. The fourth-order valence-electron chi connectivity index (χ4n) is 1.73. The van der Waals surface area contributed by atoms with Crippen molar-refractivity contribution in [1.29, 1.82) is 0 Å². The predicted molar refractivity (Wildman–Crippen MR) is 81.1 cm³/mol. The second kappa shape index (κ2) is 6.39. The van der Waals surface area contributed by atoms with Gasteiger partial charge in [0.05, 0.1) is 10.6 Å². The van der Waals surface area contributed by atoms with Gasteiger partial charge in [-0.2, -0.15) is 0 Å². The van der Waals surface area contributed by atoms with E-state index in [2.05, 4.69) is 15.6 Å². The Balaban J connectivity index is 2.06. The second-order valence-corrected chi connectivity index (χ2v) is 4.87. The first kappa shape index (κ1) is 14.3. The van der Waals surface area contributed by atoms with E-state index in [1.807, 2.05) is 31.2 Å². The highest BCUT2D eigenvalue weighted by molar-refractivity contribution is 6.33. The van der Waals surface area contributed by atoms with Gasteiger partial charge in [-0.3, -0.25) is 4.79 Å². The molecule has 2 aromatic rings. The van der Waals surface area contributed by atoms with Crippen molar-refractivity contribution in [3.8, 4) is 0 Å². The predicted octanol–water partition coefficient (Wildman–Crippen LogP) is 3.02. The SMILES string of the molecule is CNc1cc(C(=O)NCc2ccc(C)cc2)c(Cl)cn1. The maximum Gasteiger partial charge on any atom is 0.253 e. The zero-order chi connectivity index (χ0) is 14.5. The molecular weight excluding hydrogens is 274 g/mol. The number of anilines is 1. The van der Waals surface area contributed by atoms with Gasteiger partial charge in [0.1, 0.15) is 5.82 Å². The number of amides is 1. The molecule has 0 saturated carbocycles. The Hall–Kier alpha value is -2.07. The van der Waals surface area contributed by atoms with Crippen LogP contribution in [0, 0.1) is 6.92 Å². The Kier molecular flexibility index (Phi) is 4.58. The van der Waals surface area contributed by atoms with Gasteiger partial charge in [-0.25, -0.2) is 4.98 Å². The quantitative estimate of drug-likeness (QED) is 0.910. The highest BCUT2D eigenvalue weighted by Gasteiger charge is 2.11. The molecule has 0 bridgehead atoms. The summed E-state index contributed by atoms with van der Waals surface area (Å²) in [5.41, 5.74) is 2.65. The number of rotatable bonds is 4. The molecule has 20 heavy (non-hydrogen) atoms. The molecule has 1 amide bonds. The molecule has 2 rings (SSSR count). The molecule has 0 atom stereocenters. The third kappa shape index (κ3) is 3.48. The van der Waals surface area contributed by atoms with Gasteiger partial charge in [0.15, 0.2) is 0 Å². The average molecular weight is 290 g/mol. The van der Waals surface area contributed by atoms with Gasteiger partial charge < -0.3 is 10.6 Å². The minimum atomic E-state index is -0.213. The van der Waals surface area contributed by atoms with Crippen molar-refractivity contribution in [1.82, 2.24) is 10.3 Å². The van der Waals surface area contributed by atoms with E-state index in [-0.39, 0.29) is 5.91 Å². The smallest absolute Gasteiger partial charge is 0.253 e. The fourth-order valence-corrected chi connectivity index (χ4v) is 1.92. The lowest BCUT2D eigenvalue weighted by Crippen LogP contribution is -2.23. The van der Waals surface area contributed by atoms with E-state index in [1.54, 1.807) is 13.1 Å². The van der Waals surface area contributed by atoms with Crippen molar-refractivity contribution in [2.45, 2.75) is 13.5 Å². The molecule has 0 unspecified atom stereocenters. The molecule has 104 valence electrons. The van der Waals surface area contributed by atoms with E-state index in [0.29, 0.717) is 22.9 Å². The molecule has 4 nitrogen and oxygen atoms in total. The molecule has 0 aliphatic heterocycles. The Bertz CT molecular complexity index is 611. The number of nitrogens with one attached hydrogen (secondary N) is 2. The molecule has 0 aliphatic rings. The number of aryl methyl sites for hydroxylation is 1. The highest BCUT2D eigenvalue weighted by Crippen LogP contribution is 2.17. The molecule has 0 radical (unpaired) electrons. The standard InChI is InChI=1S/C15H16ClN3O/c1-10-3-5-11(6-4-10)8-19-15(20)12-7-14(17-2)18-9-13(12)16/h3-7,9H,8H2,1-2H3,(H,17,18)(H,19,20). The number of aromatic nitrogens is 1. The van der Waals surface area contributed by atoms with Gasteiger partial charge in [0.25, 0.3) is 5.91 Å². The van der Waals surface area contributed by atoms with Crippen LogP contribution in [0.5, 0.6) is 0 Å². The Morgan fingerprint density at radius 1 is 1.30 bits per heavy atom. The van der Waals surface area contributed by atoms with Crippen molar-refractivity contribution in [2.75, 3.05) is 12.4 Å². The van der Waals surface area contributed by atoms with Crippen LogP contribution in [0.25, 0.3) is 0 Å². The van der Waals surface area contributed by atoms with E-state index in [1.165, 1.54) is 11.8 Å². The van der Waals surface area contributed by atoms with Crippen molar-refractivity contribution in [2.24, 2.45) is 0 Å². The van der Waals surface area contributed by atoms with Crippen LogP contribution in [0.4, 0.5) is 5.82 Å². The number of hydrogen-bond donors (Lipinski definition) is 2. The molecule has 0 saturated heterocycles. The molecule has 0 aliphatic carbocycles. The highest BCUT2D eigenvalue weighted by atomic mass is 35.5. The van der Waals surface area contributed by atoms with Crippen LogP contribution in [0.15, 0.2) is 36.5 Å². The Labute approximate surface area is 123 Å². The summed E-state index contributed by atoms with van der Waals surface area (Å²) in [6.07, 6.45) is 1.47. The maximum absolute atomic E-state index is 12.1. The Morgan fingerprint density at radius 2 is 2.00 bits per heavy atom.